The van der Waals surface area contributed by atoms with Crippen molar-refractivity contribution in [1.82, 2.24) is 4.90 Å². The lowest BCUT2D eigenvalue weighted by molar-refractivity contribution is -0.385. The average molecular weight is 354 g/mol. The molecule has 2 aromatic rings. The highest BCUT2D eigenvalue weighted by Gasteiger charge is 2.37. The molecule has 1 aliphatic heterocycles. The van der Waals surface area contributed by atoms with Crippen molar-refractivity contribution in [3.63, 3.8) is 0 Å². The van der Waals surface area contributed by atoms with Gasteiger partial charge in [0.2, 0.25) is 0 Å². The van der Waals surface area contributed by atoms with Gasteiger partial charge in [0.25, 0.3) is 11.6 Å². The molecule has 1 heterocycles. The smallest absolute Gasteiger partial charge is 0.333 e. The van der Waals surface area contributed by atoms with Crippen LogP contribution < -0.4 is 0 Å². The number of nitro groups is 1. The van der Waals surface area contributed by atoms with Gasteiger partial charge in [-0.15, -0.1) is 0 Å². The van der Waals surface area contributed by atoms with Gasteiger partial charge < -0.3 is 9.64 Å². The van der Waals surface area contributed by atoms with Gasteiger partial charge in [0, 0.05) is 23.7 Å². The lowest BCUT2D eigenvalue weighted by Gasteiger charge is -2.35. The molecule has 7 nitrogen and oxygen atoms in total. The number of fused-ring (bicyclic) bond motifs is 1. The molecule has 0 N–H and O–H groups in total. The normalized spacial score (nSPS) is 15.9. The fraction of sp³-hybridized carbons (Fsp3) is 0.263. The number of amides is 1. The molecule has 134 valence electrons. The Hall–Kier alpha value is -3.22. The van der Waals surface area contributed by atoms with Crippen molar-refractivity contribution in [3.05, 3.63) is 74.8 Å². The Bertz CT molecular complexity index is 893. The third-order valence-electron chi connectivity index (χ3n) is 4.61. The molecule has 1 amide bonds. The van der Waals surface area contributed by atoms with Crippen LogP contribution in [0.15, 0.2) is 42.5 Å². The number of aryl methyl sites for hydroxylation is 1. The number of carbonyl (C=O) groups is 2. The van der Waals surface area contributed by atoms with Crippen LogP contribution in [-0.4, -0.2) is 35.4 Å². The summed E-state index contributed by atoms with van der Waals surface area (Å²) in [6.45, 7) is 1.95. The predicted octanol–water partition coefficient (Wildman–Crippen LogP) is 2.82. The van der Waals surface area contributed by atoms with E-state index in [2.05, 4.69) is 0 Å². The fourth-order valence-corrected chi connectivity index (χ4v) is 3.31. The highest BCUT2D eigenvalue weighted by atomic mass is 16.6. The molecule has 26 heavy (non-hydrogen) atoms. The number of methoxy groups -OCH3 is 1. The quantitative estimate of drug-likeness (QED) is 0.480. The third-order valence-corrected chi connectivity index (χ3v) is 4.61. The Morgan fingerprint density at radius 2 is 1.96 bits per heavy atom. The Balaban J connectivity index is 1.99. The van der Waals surface area contributed by atoms with Crippen LogP contribution in [0.3, 0.4) is 0 Å². The number of hydrogen-bond donors (Lipinski definition) is 0. The van der Waals surface area contributed by atoms with Crippen molar-refractivity contribution in [2.75, 3.05) is 13.7 Å². The first kappa shape index (κ1) is 17.6. The zero-order valence-corrected chi connectivity index (χ0v) is 14.5. The molecule has 0 aromatic heterocycles. The minimum atomic E-state index is -0.826. The highest BCUT2D eigenvalue weighted by molar-refractivity contribution is 5.98. The third kappa shape index (κ3) is 3.03. The van der Waals surface area contributed by atoms with Crippen molar-refractivity contribution < 1.29 is 19.2 Å². The second-order valence-electron chi connectivity index (χ2n) is 6.13. The molecule has 0 saturated carbocycles. The molecule has 1 unspecified atom stereocenters. The van der Waals surface area contributed by atoms with Crippen LogP contribution in [-0.2, 0) is 16.0 Å². The minimum Gasteiger partial charge on any atom is -0.467 e. The predicted molar refractivity (Wildman–Crippen MR) is 93.8 cm³/mol. The standard InChI is InChI=1S/C19H18N2O5/c1-12-11-14(7-8-16(12)21(24)25)18(22)20-10-9-13-5-3-4-6-15(13)17(20)19(23)26-2/h3-8,11,17H,9-10H2,1-2H3. The van der Waals surface area contributed by atoms with Gasteiger partial charge in [-0.25, -0.2) is 4.79 Å². The number of nitrogens with zero attached hydrogens (tertiary/aromatic N) is 2. The molecule has 1 atom stereocenters. The summed E-state index contributed by atoms with van der Waals surface area (Å²) < 4.78 is 4.91. The number of rotatable bonds is 3. The lowest BCUT2D eigenvalue weighted by atomic mass is 9.92. The van der Waals surface area contributed by atoms with Gasteiger partial charge in [0.15, 0.2) is 6.04 Å². The molecule has 0 saturated heterocycles. The molecule has 3 rings (SSSR count). The van der Waals surface area contributed by atoms with E-state index in [1.54, 1.807) is 6.92 Å². The van der Waals surface area contributed by atoms with E-state index in [4.69, 9.17) is 4.74 Å². The van der Waals surface area contributed by atoms with Crippen molar-refractivity contribution in [3.8, 4) is 0 Å². The van der Waals surface area contributed by atoms with Gasteiger partial charge in [-0.05, 0) is 36.6 Å². The Kier molecular flexibility index (Phi) is 4.71. The summed E-state index contributed by atoms with van der Waals surface area (Å²) in [4.78, 5) is 37.4. The number of benzene rings is 2. The number of nitro benzene ring substituents is 1. The van der Waals surface area contributed by atoms with E-state index in [9.17, 15) is 19.7 Å². The average Bonchev–Trinajstić information content (AvgIpc) is 2.65. The monoisotopic (exact) mass is 354 g/mol. The van der Waals surface area contributed by atoms with Crippen molar-refractivity contribution in [2.24, 2.45) is 0 Å². The molecule has 0 aliphatic carbocycles. The summed E-state index contributed by atoms with van der Waals surface area (Å²) in [5, 5.41) is 11.0. The molecular formula is C19H18N2O5. The zero-order valence-electron chi connectivity index (χ0n) is 14.5. The second-order valence-corrected chi connectivity index (χ2v) is 6.13. The van der Waals surface area contributed by atoms with Crippen molar-refractivity contribution in [2.45, 2.75) is 19.4 Å². The van der Waals surface area contributed by atoms with Gasteiger partial charge in [0.1, 0.15) is 0 Å². The summed E-state index contributed by atoms with van der Waals surface area (Å²) in [7, 11) is 1.29. The minimum absolute atomic E-state index is 0.0462. The molecule has 0 radical (unpaired) electrons. The van der Waals surface area contributed by atoms with E-state index < -0.39 is 16.9 Å². The maximum Gasteiger partial charge on any atom is 0.333 e. The number of carbonyl (C=O) groups excluding carboxylic acids is 2. The summed E-state index contributed by atoms with van der Waals surface area (Å²) in [6, 6.07) is 10.8. The van der Waals surface area contributed by atoms with Crippen LogP contribution in [0.1, 0.15) is 33.1 Å². The molecule has 0 spiro atoms. The zero-order chi connectivity index (χ0) is 18.8. The Labute approximate surface area is 150 Å². The highest BCUT2D eigenvalue weighted by Crippen LogP contribution is 2.32. The first-order valence-corrected chi connectivity index (χ1v) is 8.15. The van der Waals surface area contributed by atoms with Gasteiger partial charge >= 0.3 is 5.97 Å². The van der Waals surface area contributed by atoms with E-state index in [1.807, 2.05) is 24.3 Å². The van der Waals surface area contributed by atoms with Gasteiger partial charge in [0.05, 0.1) is 12.0 Å². The lowest BCUT2D eigenvalue weighted by Crippen LogP contribution is -2.44. The molecule has 2 aromatic carbocycles. The summed E-state index contributed by atoms with van der Waals surface area (Å²) in [5.74, 6) is -0.864. The topological polar surface area (TPSA) is 89.8 Å². The maximum atomic E-state index is 13.0. The second kappa shape index (κ2) is 6.95. The van der Waals surface area contributed by atoms with Gasteiger partial charge in [-0.3, -0.25) is 14.9 Å². The molecular weight excluding hydrogens is 336 g/mol. The van der Waals surface area contributed by atoms with E-state index in [0.717, 1.165) is 11.1 Å². The van der Waals surface area contributed by atoms with E-state index in [0.29, 0.717) is 24.1 Å². The van der Waals surface area contributed by atoms with Crippen LogP contribution in [0, 0.1) is 17.0 Å². The number of esters is 1. The van der Waals surface area contributed by atoms with Crippen molar-refractivity contribution in [1.29, 1.82) is 0 Å². The first-order chi connectivity index (χ1) is 12.4. The van der Waals surface area contributed by atoms with Crippen LogP contribution in [0.25, 0.3) is 0 Å². The number of hydrogen-bond acceptors (Lipinski definition) is 5. The summed E-state index contributed by atoms with van der Waals surface area (Å²) >= 11 is 0. The van der Waals surface area contributed by atoms with Crippen LogP contribution >= 0.6 is 0 Å². The largest absolute Gasteiger partial charge is 0.467 e. The Morgan fingerprint density at radius 3 is 2.62 bits per heavy atom. The number of ether oxygens (including phenoxy) is 1. The van der Waals surface area contributed by atoms with Crippen LogP contribution in [0.5, 0.6) is 0 Å². The van der Waals surface area contributed by atoms with E-state index in [-0.39, 0.29) is 11.6 Å². The molecule has 7 heteroatoms. The SMILES string of the molecule is COC(=O)C1c2ccccc2CCN1C(=O)c1ccc([N+](=O)[O-])c(C)c1. The Morgan fingerprint density at radius 1 is 1.23 bits per heavy atom. The summed E-state index contributed by atoms with van der Waals surface area (Å²) in [5.41, 5.74) is 2.41. The summed E-state index contributed by atoms with van der Waals surface area (Å²) in [6.07, 6.45) is 0.626. The molecule has 1 aliphatic rings. The van der Waals surface area contributed by atoms with E-state index in [1.165, 1.54) is 30.2 Å². The van der Waals surface area contributed by atoms with Crippen LogP contribution in [0.4, 0.5) is 5.69 Å². The van der Waals surface area contributed by atoms with Crippen LogP contribution in [0.2, 0.25) is 0 Å². The molecule has 0 bridgehead atoms. The maximum absolute atomic E-state index is 13.0. The van der Waals surface area contributed by atoms with Crippen molar-refractivity contribution >= 4 is 17.6 Å². The first-order valence-electron chi connectivity index (χ1n) is 8.15. The van der Waals surface area contributed by atoms with Gasteiger partial charge in [-0.1, -0.05) is 24.3 Å². The van der Waals surface area contributed by atoms with Gasteiger partial charge in [-0.2, -0.15) is 0 Å². The fourth-order valence-electron chi connectivity index (χ4n) is 3.31. The van der Waals surface area contributed by atoms with E-state index >= 15 is 0 Å². The molecule has 0 fully saturated rings.